The van der Waals surface area contributed by atoms with Crippen LogP contribution in [0, 0.1) is 6.92 Å². The third-order valence-electron chi connectivity index (χ3n) is 3.40. The van der Waals surface area contributed by atoms with Gasteiger partial charge in [0, 0.05) is 23.8 Å². The average Bonchev–Trinajstić information content (AvgIpc) is 2.47. The molecule has 0 radical (unpaired) electrons. The molecule has 120 valence electrons. The normalized spacial score (nSPS) is 18.1. The molecule has 1 fully saturated rings. The Kier molecular flexibility index (Phi) is 5.51. The van der Waals surface area contributed by atoms with Crippen molar-refractivity contribution in [3.8, 4) is 0 Å². The number of anilines is 1. The monoisotopic (exact) mass is 305 g/mol. The Labute approximate surface area is 130 Å². The lowest BCUT2D eigenvalue weighted by Gasteiger charge is -2.23. The van der Waals surface area contributed by atoms with Crippen LogP contribution in [0.15, 0.2) is 18.2 Å². The number of benzene rings is 1. The summed E-state index contributed by atoms with van der Waals surface area (Å²) in [5.41, 5.74) is 2.12. The van der Waals surface area contributed by atoms with Crippen molar-refractivity contribution in [3.63, 3.8) is 0 Å². The van der Waals surface area contributed by atoms with Crippen LogP contribution in [-0.2, 0) is 9.53 Å². The van der Waals surface area contributed by atoms with E-state index in [1.54, 1.807) is 18.2 Å². The summed E-state index contributed by atoms with van der Waals surface area (Å²) in [4.78, 5) is 24.1. The largest absolute Gasteiger partial charge is 0.378 e. The predicted octanol–water partition coefficient (Wildman–Crippen LogP) is 1.06. The number of morpholine rings is 1. The molecule has 6 heteroatoms. The van der Waals surface area contributed by atoms with Crippen molar-refractivity contribution in [3.05, 3.63) is 29.3 Å². The third-order valence-corrected chi connectivity index (χ3v) is 3.40. The van der Waals surface area contributed by atoms with Crippen LogP contribution in [0.1, 0.15) is 29.8 Å². The molecule has 3 N–H and O–H groups in total. The lowest BCUT2D eigenvalue weighted by Crippen LogP contribution is -2.48. The van der Waals surface area contributed by atoms with Crippen LogP contribution in [0.3, 0.4) is 0 Å². The topological polar surface area (TPSA) is 79.5 Å². The molecule has 0 spiro atoms. The number of carbonyl (C=O) groups is 2. The summed E-state index contributed by atoms with van der Waals surface area (Å²) in [5.74, 6) is -0.230. The highest BCUT2D eigenvalue weighted by Gasteiger charge is 2.21. The smallest absolute Gasteiger partial charge is 0.251 e. The van der Waals surface area contributed by atoms with Gasteiger partial charge in [0.2, 0.25) is 5.91 Å². The molecule has 0 aliphatic carbocycles. The van der Waals surface area contributed by atoms with Crippen molar-refractivity contribution >= 4 is 17.5 Å². The Bertz CT molecular complexity index is 552. The van der Waals surface area contributed by atoms with Crippen LogP contribution in [0.5, 0.6) is 0 Å². The number of aryl methyl sites for hydroxylation is 1. The zero-order valence-corrected chi connectivity index (χ0v) is 13.2. The van der Waals surface area contributed by atoms with Gasteiger partial charge in [-0.25, -0.2) is 0 Å². The van der Waals surface area contributed by atoms with Gasteiger partial charge in [0.25, 0.3) is 5.91 Å². The molecule has 1 aromatic rings. The van der Waals surface area contributed by atoms with Crippen LogP contribution in [0.4, 0.5) is 5.69 Å². The van der Waals surface area contributed by atoms with Crippen molar-refractivity contribution in [1.82, 2.24) is 10.6 Å². The predicted molar refractivity (Wildman–Crippen MR) is 85.0 cm³/mol. The van der Waals surface area contributed by atoms with Crippen LogP contribution in [-0.4, -0.2) is 43.7 Å². The van der Waals surface area contributed by atoms with Crippen molar-refractivity contribution in [1.29, 1.82) is 0 Å². The number of hydrogen-bond acceptors (Lipinski definition) is 4. The second-order valence-corrected chi connectivity index (χ2v) is 5.73. The quantitative estimate of drug-likeness (QED) is 0.777. The molecule has 1 atom stereocenters. The Morgan fingerprint density at radius 3 is 2.73 bits per heavy atom. The van der Waals surface area contributed by atoms with Crippen molar-refractivity contribution in [2.45, 2.75) is 32.9 Å². The summed E-state index contributed by atoms with van der Waals surface area (Å²) >= 11 is 0. The Morgan fingerprint density at radius 1 is 1.36 bits per heavy atom. The minimum atomic E-state index is -0.335. The second-order valence-electron chi connectivity index (χ2n) is 5.73. The Hall–Kier alpha value is -1.92. The summed E-state index contributed by atoms with van der Waals surface area (Å²) in [6, 6.07) is 5.02. The van der Waals surface area contributed by atoms with Gasteiger partial charge >= 0.3 is 0 Å². The van der Waals surface area contributed by atoms with Crippen LogP contribution >= 0.6 is 0 Å². The minimum Gasteiger partial charge on any atom is -0.378 e. The summed E-state index contributed by atoms with van der Waals surface area (Å²) in [6.45, 7) is 7.36. The van der Waals surface area contributed by atoms with E-state index in [1.165, 1.54) is 0 Å². The number of hydrogen-bond donors (Lipinski definition) is 3. The highest BCUT2D eigenvalue weighted by Crippen LogP contribution is 2.16. The molecule has 1 unspecified atom stereocenters. The molecule has 0 aromatic heterocycles. The minimum absolute atomic E-state index is 0.0867. The van der Waals surface area contributed by atoms with Gasteiger partial charge in [-0.1, -0.05) is 0 Å². The summed E-state index contributed by atoms with van der Waals surface area (Å²) in [6.07, 6.45) is 0. The molecule has 0 bridgehead atoms. The van der Waals surface area contributed by atoms with E-state index in [0.29, 0.717) is 31.0 Å². The Balaban J connectivity index is 2.02. The van der Waals surface area contributed by atoms with E-state index in [9.17, 15) is 9.59 Å². The number of ether oxygens (including phenoxy) is 1. The number of rotatable bonds is 4. The fraction of sp³-hybridized carbons (Fsp3) is 0.500. The lowest BCUT2D eigenvalue weighted by molar-refractivity contribution is -0.120. The van der Waals surface area contributed by atoms with Gasteiger partial charge in [0.15, 0.2) is 0 Å². The van der Waals surface area contributed by atoms with Crippen LogP contribution < -0.4 is 16.0 Å². The Morgan fingerprint density at radius 2 is 2.14 bits per heavy atom. The maximum absolute atomic E-state index is 12.1. The molecule has 1 aliphatic heterocycles. The molecule has 0 saturated carbocycles. The molecular formula is C16H23N3O3. The van der Waals surface area contributed by atoms with E-state index in [4.69, 9.17) is 4.74 Å². The molecule has 1 saturated heterocycles. The molecule has 2 rings (SSSR count). The highest BCUT2D eigenvalue weighted by molar-refractivity contribution is 5.98. The number of carbonyl (C=O) groups excluding carboxylic acids is 2. The van der Waals surface area contributed by atoms with E-state index < -0.39 is 0 Å². The molecule has 1 heterocycles. The van der Waals surface area contributed by atoms with Gasteiger partial charge in [-0.15, -0.1) is 0 Å². The fourth-order valence-electron chi connectivity index (χ4n) is 2.30. The summed E-state index contributed by atoms with van der Waals surface area (Å²) < 4.78 is 5.28. The first-order valence-electron chi connectivity index (χ1n) is 7.51. The first-order chi connectivity index (χ1) is 10.5. The van der Waals surface area contributed by atoms with E-state index in [0.717, 1.165) is 5.56 Å². The van der Waals surface area contributed by atoms with Gasteiger partial charge in [0.05, 0.1) is 13.2 Å². The van der Waals surface area contributed by atoms with E-state index >= 15 is 0 Å². The van der Waals surface area contributed by atoms with E-state index in [1.807, 2.05) is 20.8 Å². The molecule has 22 heavy (non-hydrogen) atoms. The second kappa shape index (κ2) is 7.38. The van der Waals surface area contributed by atoms with Crippen LogP contribution in [0.2, 0.25) is 0 Å². The average molecular weight is 305 g/mol. The van der Waals surface area contributed by atoms with Gasteiger partial charge in [-0.05, 0) is 44.5 Å². The molecular weight excluding hydrogens is 282 g/mol. The SMILES string of the molecule is Cc1cc(NC(=O)C2COCCN2)ccc1C(=O)NC(C)C. The van der Waals surface area contributed by atoms with Crippen molar-refractivity contribution in [2.24, 2.45) is 0 Å². The zero-order chi connectivity index (χ0) is 16.1. The number of amides is 2. The first kappa shape index (κ1) is 16.5. The molecule has 1 aromatic carbocycles. The third kappa shape index (κ3) is 4.29. The van der Waals surface area contributed by atoms with Gasteiger partial charge in [-0.2, -0.15) is 0 Å². The van der Waals surface area contributed by atoms with Gasteiger partial charge in [0.1, 0.15) is 6.04 Å². The van der Waals surface area contributed by atoms with Crippen molar-refractivity contribution < 1.29 is 14.3 Å². The molecule has 1 aliphatic rings. The van der Waals surface area contributed by atoms with E-state index in [-0.39, 0.29) is 23.9 Å². The molecule has 2 amide bonds. The zero-order valence-electron chi connectivity index (χ0n) is 13.2. The van der Waals surface area contributed by atoms with Crippen molar-refractivity contribution in [2.75, 3.05) is 25.1 Å². The van der Waals surface area contributed by atoms with Crippen LogP contribution in [0.25, 0.3) is 0 Å². The first-order valence-corrected chi connectivity index (χ1v) is 7.51. The standard InChI is InChI=1S/C16H23N3O3/c1-10(2)18-15(20)13-5-4-12(8-11(13)3)19-16(21)14-9-22-7-6-17-14/h4-5,8,10,14,17H,6-7,9H2,1-3H3,(H,18,20)(H,19,21). The maximum Gasteiger partial charge on any atom is 0.251 e. The molecule has 6 nitrogen and oxygen atoms in total. The van der Waals surface area contributed by atoms with E-state index in [2.05, 4.69) is 16.0 Å². The maximum atomic E-state index is 12.1. The fourth-order valence-corrected chi connectivity index (χ4v) is 2.30. The summed E-state index contributed by atoms with van der Waals surface area (Å²) in [5, 5.41) is 8.81. The lowest BCUT2D eigenvalue weighted by atomic mass is 10.1. The number of nitrogens with one attached hydrogen (secondary N) is 3. The van der Waals surface area contributed by atoms with Gasteiger partial charge in [-0.3, -0.25) is 9.59 Å². The summed E-state index contributed by atoms with van der Waals surface area (Å²) in [7, 11) is 0. The van der Waals surface area contributed by atoms with Gasteiger partial charge < -0.3 is 20.7 Å². The highest BCUT2D eigenvalue weighted by atomic mass is 16.5.